The lowest BCUT2D eigenvalue weighted by atomic mass is 10.0. The number of nitrogens with one attached hydrogen (secondary N) is 1. The maximum absolute atomic E-state index is 13.5. The first-order valence-electron chi connectivity index (χ1n) is 9.28. The minimum absolute atomic E-state index is 0.0923. The van der Waals surface area contributed by atoms with Crippen LogP contribution in [0.25, 0.3) is 16.5 Å². The Morgan fingerprint density at radius 3 is 2.77 bits per heavy atom. The third-order valence-corrected chi connectivity index (χ3v) is 6.98. The molecule has 9 heteroatoms. The molecule has 0 fully saturated rings. The van der Waals surface area contributed by atoms with Gasteiger partial charge in [0.05, 0.1) is 22.2 Å². The molecule has 2 heterocycles. The molecule has 2 aromatic carbocycles. The second-order valence-electron chi connectivity index (χ2n) is 6.73. The number of carbonyl (C=O) groups excluding carboxylic acids is 1. The predicted octanol–water partition coefficient (Wildman–Crippen LogP) is 4.11. The van der Waals surface area contributed by atoms with Crippen molar-refractivity contribution in [2.45, 2.75) is 18.2 Å². The Kier molecular flexibility index (Phi) is 5.29. The summed E-state index contributed by atoms with van der Waals surface area (Å²) >= 11 is 5.78. The fourth-order valence-electron chi connectivity index (χ4n) is 3.51. The molecular weight excluding hydrogens is 431 g/mol. The van der Waals surface area contributed by atoms with Crippen LogP contribution in [0.1, 0.15) is 18.2 Å². The number of ether oxygens (including phenoxy) is 1. The minimum Gasteiger partial charge on any atom is -0.462 e. The van der Waals surface area contributed by atoms with Crippen molar-refractivity contribution in [3.8, 4) is 0 Å². The molecule has 0 saturated heterocycles. The predicted molar refractivity (Wildman–Crippen MR) is 112 cm³/mol. The number of sulfonamides is 1. The van der Waals surface area contributed by atoms with Gasteiger partial charge in [-0.05, 0) is 43.2 Å². The molecule has 0 saturated carbocycles. The summed E-state index contributed by atoms with van der Waals surface area (Å²) in [6.07, 6.45) is 1.64. The van der Waals surface area contributed by atoms with E-state index in [1.165, 1.54) is 6.20 Å². The minimum atomic E-state index is -4.07. The number of nitrogens with zero attached hydrogens (tertiary/aromatic N) is 1. The van der Waals surface area contributed by atoms with Gasteiger partial charge in [-0.25, -0.2) is 17.6 Å². The fourth-order valence-corrected chi connectivity index (χ4v) is 5.11. The van der Waals surface area contributed by atoms with Gasteiger partial charge in [0, 0.05) is 23.6 Å². The van der Waals surface area contributed by atoms with E-state index < -0.39 is 21.8 Å². The summed E-state index contributed by atoms with van der Waals surface area (Å²) in [5.41, 5.74) is 2.32. The maximum Gasteiger partial charge on any atom is 0.341 e. The SMILES string of the molecule is CCOC(=O)C1=CN(S(=O)(=O)c2ccc(F)c(Cl)c2)CCc2c1[nH]c1ccccc21. The third kappa shape index (κ3) is 3.46. The number of benzene rings is 2. The molecule has 1 N–H and O–H groups in total. The van der Waals surface area contributed by atoms with Gasteiger partial charge in [0.2, 0.25) is 0 Å². The standard InChI is InChI=1S/C21H18ClFN2O4S/c1-2-29-21(26)16-12-25(30(27,28)13-7-8-18(23)17(22)11-13)10-9-15-14-5-3-4-6-19(14)24-20(15)16/h3-8,11-12,24H,2,9-10H2,1H3. The molecule has 0 amide bonds. The third-order valence-electron chi connectivity index (χ3n) is 4.93. The van der Waals surface area contributed by atoms with Crippen molar-refractivity contribution in [2.75, 3.05) is 13.2 Å². The van der Waals surface area contributed by atoms with Crippen molar-refractivity contribution in [1.82, 2.24) is 9.29 Å². The summed E-state index contributed by atoms with van der Waals surface area (Å²) in [4.78, 5) is 15.7. The number of para-hydroxylation sites is 1. The number of esters is 1. The highest BCUT2D eigenvalue weighted by Crippen LogP contribution is 2.33. The summed E-state index contributed by atoms with van der Waals surface area (Å²) in [5.74, 6) is -1.35. The maximum atomic E-state index is 13.5. The summed E-state index contributed by atoms with van der Waals surface area (Å²) in [6, 6.07) is 10.8. The highest BCUT2D eigenvalue weighted by Gasteiger charge is 2.30. The Morgan fingerprint density at radius 1 is 1.27 bits per heavy atom. The molecule has 3 aromatic rings. The number of carbonyl (C=O) groups is 1. The molecule has 4 rings (SSSR count). The molecule has 1 aliphatic heterocycles. The van der Waals surface area contributed by atoms with Crippen LogP contribution in [-0.4, -0.2) is 36.8 Å². The number of hydrogen-bond acceptors (Lipinski definition) is 4. The van der Waals surface area contributed by atoms with Gasteiger partial charge in [-0.3, -0.25) is 4.31 Å². The number of hydrogen-bond donors (Lipinski definition) is 1. The van der Waals surface area contributed by atoms with E-state index >= 15 is 0 Å². The summed E-state index contributed by atoms with van der Waals surface area (Å²) < 4.78 is 46.2. The van der Waals surface area contributed by atoms with Crippen LogP contribution in [0.15, 0.2) is 53.6 Å². The van der Waals surface area contributed by atoms with E-state index in [0.29, 0.717) is 12.1 Å². The van der Waals surface area contributed by atoms with E-state index in [2.05, 4.69) is 4.98 Å². The Morgan fingerprint density at radius 2 is 2.03 bits per heavy atom. The zero-order chi connectivity index (χ0) is 21.5. The van der Waals surface area contributed by atoms with Crippen LogP contribution in [0.5, 0.6) is 0 Å². The Balaban J connectivity index is 1.85. The van der Waals surface area contributed by atoms with Crippen LogP contribution in [0.3, 0.4) is 0 Å². The Hall–Kier alpha value is -2.84. The highest BCUT2D eigenvalue weighted by molar-refractivity contribution is 7.89. The van der Waals surface area contributed by atoms with Crippen LogP contribution >= 0.6 is 11.6 Å². The van der Waals surface area contributed by atoms with Crippen molar-refractivity contribution < 1.29 is 22.3 Å². The number of aromatic nitrogens is 1. The summed E-state index contributed by atoms with van der Waals surface area (Å²) in [5, 5.41) is 0.614. The van der Waals surface area contributed by atoms with Gasteiger partial charge in [0.1, 0.15) is 11.4 Å². The first kappa shape index (κ1) is 20.4. The average molecular weight is 449 g/mol. The van der Waals surface area contributed by atoms with E-state index in [1.54, 1.807) is 6.92 Å². The smallest absolute Gasteiger partial charge is 0.341 e. The molecule has 0 unspecified atom stereocenters. The molecule has 0 aliphatic carbocycles. The highest BCUT2D eigenvalue weighted by atomic mass is 35.5. The van der Waals surface area contributed by atoms with Crippen molar-refractivity contribution in [2.24, 2.45) is 0 Å². The van der Waals surface area contributed by atoms with Gasteiger partial charge in [0.25, 0.3) is 10.0 Å². The van der Waals surface area contributed by atoms with Crippen molar-refractivity contribution in [1.29, 1.82) is 0 Å². The quantitative estimate of drug-likeness (QED) is 0.609. The molecule has 6 nitrogen and oxygen atoms in total. The molecular formula is C21H18ClFN2O4S. The molecule has 0 atom stereocenters. The van der Waals surface area contributed by atoms with Crippen LogP contribution in [0, 0.1) is 5.82 Å². The van der Waals surface area contributed by atoms with Gasteiger partial charge in [-0.1, -0.05) is 29.8 Å². The zero-order valence-corrected chi connectivity index (χ0v) is 17.6. The van der Waals surface area contributed by atoms with Gasteiger partial charge < -0.3 is 9.72 Å². The molecule has 1 aliphatic rings. The second kappa shape index (κ2) is 7.77. The van der Waals surface area contributed by atoms with Gasteiger partial charge in [-0.15, -0.1) is 0 Å². The number of fused-ring (bicyclic) bond motifs is 3. The van der Waals surface area contributed by atoms with Crippen molar-refractivity contribution >= 4 is 44.1 Å². The van der Waals surface area contributed by atoms with Gasteiger partial charge in [0.15, 0.2) is 0 Å². The first-order valence-corrected chi connectivity index (χ1v) is 11.1. The monoisotopic (exact) mass is 448 g/mol. The lowest BCUT2D eigenvalue weighted by Gasteiger charge is -2.20. The van der Waals surface area contributed by atoms with Crippen LogP contribution in [0.2, 0.25) is 5.02 Å². The molecule has 1 aromatic heterocycles. The summed E-state index contributed by atoms with van der Waals surface area (Å²) in [7, 11) is -4.07. The number of H-pyrrole nitrogens is 1. The van der Waals surface area contributed by atoms with E-state index in [4.69, 9.17) is 16.3 Å². The lowest BCUT2D eigenvalue weighted by Crippen LogP contribution is -2.28. The number of aromatic amines is 1. The van der Waals surface area contributed by atoms with Crippen LogP contribution < -0.4 is 0 Å². The Bertz CT molecular complexity index is 1280. The van der Waals surface area contributed by atoms with E-state index in [0.717, 1.165) is 39.0 Å². The average Bonchev–Trinajstić information content (AvgIpc) is 2.96. The molecule has 30 heavy (non-hydrogen) atoms. The zero-order valence-electron chi connectivity index (χ0n) is 16.0. The van der Waals surface area contributed by atoms with Crippen molar-refractivity contribution in [3.05, 3.63) is 70.8 Å². The Labute approximate surface area is 178 Å². The van der Waals surface area contributed by atoms with Crippen LogP contribution in [0.4, 0.5) is 4.39 Å². The summed E-state index contributed by atoms with van der Waals surface area (Å²) in [6.45, 7) is 1.91. The first-order chi connectivity index (χ1) is 14.3. The normalized spacial score (nSPS) is 14.2. The second-order valence-corrected chi connectivity index (χ2v) is 9.03. The van der Waals surface area contributed by atoms with E-state index in [-0.39, 0.29) is 28.6 Å². The van der Waals surface area contributed by atoms with E-state index in [9.17, 15) is 17.6 Å². The number of rotatable bonds is 4. The molecule has 156 valence electrons. The molecule has 0 bridgehead atoms. The van der Waals surface area contributed by atoms with E-state index in [1.807, 2.05) is 24.3 Å². The fraction of sp³-hybridized carbons (Fsp3) is 0.190. The number of halogens is 2. The molecule has 0 radical (unpaired) electrons. The van der Waals surface area contributed by atoms with Gasteiger partial charge >= 0.3 is 5.97 Å². The van der Waals surface area contributed by atoms with Crippen molar-refractivity contribution in [3.63, 3.8) is 0 Å². The van der Waals surface area contributed by atoms with Gasteiger partial charge in [-0.2, -0.15) is 0 Å². The van der Waals surface area contributed by atoms with Crippen LogP contribution in [-0.2, 0) is 26.0 Å². The lowest BCUT2D eigenvalue weighted by molar-refractivity contribution is -0.136. The topological polar surface area (TPSA) is 79.5 Å². The molecule has 0 spiro atoms. The largest absolute Gasteiger partial charge is 0.462 e.